The number of para-hydroxylation sites is 1. The lowest BCUT2D eigenvalue weighted by Crippen LogP contribution is -2.41. The number of ether oxygens (including phenoxy) is 2. The Morgan fingerprint density at radius 2 is 2.12 bits per heavy atom. The maximum Gasteiger partial charge on any atom is 0.165 e. The van der Waals surface area contributed by atoms with Gasteiger partial charge in [0.05, 0.1) is 14.2 Å². The summed E-state index contributed by atoms with van der Waals surface area (Å²) in [6, 6.07) is 8.43. The lowest BCUT2D eigenvalue weighted by atomic mass is 10.0. The molecule has 1 fully saturated rings. The van der Waals surface area contributed by atoms with Crippen LogP contribution in [0.3, 0.4) is 0 Å². The lowest BCUT2D eigenvalue weighted by molar-refractivity contribution is 0.205. The molecule has 3 rings (SSSR count). The number of likely N-dealkylation sites (tertiary alicyclic amines) is 1. The number of aromatic nitrogens is 2. The zero-order valence-electron chi connectivity index (χ0n) is 15.2. The predicted octanol–water partition coefficient (Wildman–Crippen LogP) is 2.88. The summed E-state index contributed by atoms with van der Waals surface area (Å²) in [7, 11) is 3.37. The Morgan fingerprint density at radius 1 is 1.24 bits per heavy atom. The van der Waals surface area contributed by atoms with Gasteiger partial charge in [0.15, 0.2) is 11.5 Å². The summed E-state index contributed by atoms with van der Waals surface area (Å²) in [5.74, 6) is 2.51. The van der Waals surface area contributed by atoms with Gasteiger partial charge in [0.1, 0.15) is 12.1 Å². The van der Waals surface area contributed by atoms with E-state index in [9.17, 15) is 0 Å². The van der Waals surface area contributed by atoms with Crippen LogP contribution in [0.4, 0.5) is 5.82 Å². The normalized spacial score (nSPS) is 18.0. The number of nitrogens with one attached hydrogen (secondary N) is 1. The first kappa shape index (κ1) is 17.5. The molecule has 6 heteroatoms. The van der Waals surface area contributed by atoms with Crippen LogP contribution in [0.5, 0.6) is 11.5 Å². The molecule has 2 aromatic rings. The van der Waals surface area contributed by atoms with Crippen molar-refractivity contribution in [1.82, 2.24) is 14.9 Å². The SMILES string of the molecule is COc1cccc(CN2CCCC(Nc3cc(C)ncn3)C2)c1OC. The number of aryl methyl sites for hydroxylation is 1. The summed E-state index contributed by atoms with van der Waals surface area (Å²) in [6.45, 7) is 4.89. The number of hydrogen-bond acceptors (Lipinski definition) is 6. The molecular formula is C19H26N4O2. The number of methoxy groups -OCH3 is 2. The molecule has 1 saturated heterocycles. The number of rotatable bonds is 6. The van der Waals surface area contributed by atoms with Crippen molar-refractivity contribution in [2.75, 3.05) is 32.6 Å². The molecule has 1 N–H and O–H groups in total. The molecule has 1 aromatic carbocycles. The molecule has 134 valence electrons. The van der Waals surface area contributed by atoms with E-state index in [-0.39, 0.29) is 0 Å². The summed E-state index contributed by atoms with van der Waals surface area (Å²) in [5, 5.41) is 3.54. The maximum absolute atomic E-state index is 5.56. The van der Waals surface area contributed by atoms with Crippen LogP contribution < -0.4 is 14.8 Å². The minimum Gasteiger partial charge on any atom is -0.493 e. The van der Waals surface area contributed by atoms with Crippen LogP contribution in [0.15, 0.2) is 30.6 Å². The Hall–Kier alpha value is -2.34. The third kappa shape index (κ3) is 4.39. The van der Waals surface area contributed by atoms with Crippen LogP contribution in [0.1, 0.15) is 24.1 Å². The molecule has 0 amide bonds. The topological polar surface area (TPSA) is 59.5 Å². The molecule has 1 unspecified atom stereocenters. The van der Waals surface area contributed by atoms with Crippen molar-refractivity contribution < 1.29 is 9.47 Å². The summed E-state index contributed by atoms with van der Waals surface area (Å²) in [5.41, 5.74) is 2.13. The molecule has 2 heterocycles. The average molecular weight is 342 g/mol. The first-order valence-corrected chi connectivity index (χ1v) is 8.67. The van der Waals surface area contributed by atoms with Gasteiger partial charge >= 0.3 is 0 Å². The third-order valence-electron chi connectivity index (χ3n) is 4.54. The van der Waals surface area contributed by atoms with Gasteiger partial charge in [0, 0.05) is 36.5 Å². The second-order valence-electron chi connectivity index (χ2n) is 6.42. The van der Waals surface area contributed by atoms with Gasteiger partial charge in [-0.2, -0.15) is 0 Å². The van der Waals surface area contributed by atoms with Crippen molar-refractivity contribution in [3.63, 3.8) is 0 Å². The van der Waals surface area contributed by atoms with Gasteiger partial charge in [-0.25, -0.2) is 9.97 Å². The van der Waals surface area contributed by atoms with Crippen LogP contribution in [-0.2, 0) is 6.54 Å². The van der Waals surface area contributed by atoms with Crippen LogP contribution in [0, 0.1) is 6.92 Å². The average Bonchev–Trinajstić information content (AvgIpc) is 2.62. The van der Waals surface area contributed by atoms with E-state index in [1.165, 1.54) is 0 Å². The summed E-state index contributed by atoms with van der Waals surface area (Å²) >= 11 is 0. The van der Waals surface area contributed by atoms with Gasteiger partial charge in [0.2, 0.25) is 0 Å². The second-order valence-corrected chi connectivity index (χ2v) is 6.42. The van der Waals surface area contributed by atoms with Gasteiger partial charge in [-0.3, -0.25) is 4.90 Å². The Kier molecular flexibility index (Phi) is 5.71. The Balaban J connectivity index is 1.66. The number of piperidine rings is 1. The van der Waals surface area contributed by atoms with Gasteiger partial charge in [0.25, 0.3) is 0 Å². The van der Waals surface area contributed by atoms with E-state index < -0.39 is 0 Å². The highest BCUT2D eigenvalue weighted by Crippen LogP contribution is 2.32. The van der Waals surface area contributed by atoms with Crippen molar-refractivity contribution in [2.45, 2.75) is 32.4 Å². The highest BCUT2D eigenvalue weighted by atomic mass is 16.5. The molecule has 6 nitrogen and oxygen atoms in total. The fourth-order valence-electron chi connectivity index (χ4n) is 3.38. The lowest BCUT2D eigenvalue weighted by Gasteiger charge is -2.33. The minimum atomic E-state index is 0.389. The second kappa shape index (κ2) is 8.16. The molecule has 25 heavy (non-hydrogen) atoms. The zero-order chi connectivity index (χ0) is 17.6. The molecule has 0 radical (unpaired) electrons. The van der Waals surface area contributed by atoms with Gasteiger partial charge in [-0.05, 0) is 32.4 Å². The first-order valence-electron chi connectivity index (χ1n) is 8.67. The third-order valence-corrected chi connectivity index (χ3v) is 4.54. The largest absolute Gasteiger partial charge is 0.493 e. The predicted molar refractivity (Wildman–Crippen MR) is 98.2 cm³/mol. The minimum absolute atomic E-state index is 0.389. The maximum atomic E-state index is 5.56. The summed E-state index contributed by atoms with van der Waals surface area (Å²) < 4.78 is 11.0. The van der Waals surface area contributed by atoms with E-state index in [1.54, 1.807) is 20.5 Å². The van der Waals surface area contributed by atoms with Gasteiger partial charge in [-0.15, -0.1) is 0 Å². The van der Waals surface area contributed by atoms with E-state index in [4.69, 9.17) is 9.47 Å². The van der Waals surface area contributed by atoms with Crippen LogP contribution >= 0.6 is 0 Å². The smallest absolute Gasteiger partial charge is 0.165 e. The molecule has 1 aromatic heterocycles. The van der Waals surface area contributed by atoms with Crippen LogP contribution in [-0.4, -0.2) is 48.2 Å². The summed E-state index contributed by atoms with van der Waals surface area (Å²) in [4.78, 5) is 10.9. The van der Waals surface area contributed by atoms with Crippen molar-refractivity contribution in [1.29, 1.82) is 0 Å². The van der Waals surface area contributed by atoms with E-state index in [1.807, 2.05) is 25.1 Å². The fraction of sp³-hybridized carbons (Fsp3) is 0.474. The first-order chi connectivity index (χ1) is 12.2. The van der Waals surface area contributed by atoms with E-state index in [0.29, 0.717) is 6.04 Å². The molecule has 1 aliphatic rings. The number of benzene rings is 1. The quantitative estimate of drug-likeness (QED) is 0.871. The van der Waals surface area contributed by atoms with Gasteiger partial charge in [-0.1, -0.05) is 12.1 Å². The molecule has 0 saturated carbocycles. The molecule has 1 atom stereocenters. The fourth-order valence-corrected chi connectivity index (χ4v) is 3.38. The van der Waals surface area contributed by atoms with E-state index in [0.717, 1.165) is 61.1 Å². The van der Waals surface area contributed by atoms with Crippen molar-refractivity contribution in [2.24, 2.45) is 0 Å². The van der Waals surface area contributed by atoms with Crippen molar-refractivity contribution in [3.05, 3.63) is 41.9 Å². The van der Waals surface area contributed by atoms with Crippen molar-refractivity contribution >= 4 is 5.82 Å². The van der Waals surface area contributed by atoms with E-state index in [2.05, 4.69) is 26.3 Å². The Bertz CT molecular complexity index is 708. The molecule has 0 aliphatic carbocycles. The molecule has 0 bridgehead atoms. The molecule has 1 aliphatic heterocycles. The van der Waals surface area contributed by atoms with Crippen LogP contribution in [0.25, 0.3) is 0 Å². The Labute approximate surface area is 149 Å². The number of hydrogen-bond donors (Lipinski definition) is 1. The Morgan fingerprint density at radius 3 is 2.88 bits per heavy atom. The monoisotopic (exact) mass is 342 g/mol. The highest BCUT2D eigenvalue weighted by Gasteiger charge is 2.22. The highest BCUT2D eigenvalue weighted by molar-refractivity contribution is 5.46. The van der Waals surface area contributed by atoms with Crippen LogP contribution in [0.2, 0.25) is 0 Å². The standard InChI is InChI=1S/C19H26N4O2/c1-14-10-18(21-13-20-14)22-16-7-5-9-23(12-16)11-15-6-4-8-17(24-2)19(15)25-3/h4,6,8,10,13,16H,5,7,9,11-12H2,1-3H3,(H,20,21,22). The molecule has 0 spiro atoms. The van der Waals surface area contributed by atoms with Crippen molar-refractivity contribution in [3.8, 4) is 11.5 Å². The molecular weight excluding hydrogens is 316 g/mol. The summed E-state index contributed by atoms with van der Waals surface area (Å²) in [6.07, 6.45) is 3.92. The zero-order valence-corrected chi connectivity index (χ0v) is 15.2. The number of anilines is 1. The number of nitrogens with zero attached hydrogens (tertiary/aromatic N) is 3. The van der Waals surface area contributed by atoms with E-state index >= 15 is 0 Å². The van der Waals surface area contributed by atoms with Gasteiger partial charge < -0.3 is 14.8 Å².